The average molecular weight is 452 g/mol. The molecule has 0 aliphatic rings. The molecule has 28 heavy (non-hydrogen) atoms. The number of benzene rings is 2. The van der Waals surface area contributed by atoms with Gasteiger partial charge in [-0.05, 0) is 52.8 Å². The highest BCUT2D eigenvalue weighted by Gasteiger charge is 2.17. The topological polar surface area (TPSA) is 63.2 Å². The molecule has 1 aromatic heterocycles. The minimum atomic E-state index is -3.85. The minimum absolute atomic E-state index is 0.0919. The Balaban J connectivity index is 1.75. The van der Waals surface area contributed by atoms with Crippen LogP contribution in [-0.2, 0) is 21.2 Å². The Morgan fingerprint density at radius 1 is 1.04 bits per heavy atom. The fraction of sp³-hybridized carbons (Fsp3) is 0.0500. The van der Waals surface area contributed by atoms with Crippen LogP contribution in [0.4, 0.5) is 0 Å². The Bertz CT molecular complexity index is 1120. The van der Waals surface area contributed by atoms with Crippen LogP contribution in [0.25, 0.3) is 6.08 Å². The van der Waals surface area contributed by atoms with Gasteiger partial charge in [0.2, 0.25) is 0 Å². The van der Waals surface area contributed by atoms with Crippen LogP contribution in [-0.4, -0.2) is 14.3 Å². The Hall–Kier alpha value is -2.12. The van der Waals surface area contributed by atoms with E-state index in [-0.39, 0.29) is 4.21 Å². The molecule has 0 radical (unpaired) electrons. The zero-order valence-electron chi connectivity index (χ0n) is 14.4. The van der Waals surface area contributed by atoms with Gasteiger partial charge in [0, 0.05) is 6.08 Å². The number of rotatable bonds is 6. The monoisotopic (exact) mass is 451 g/mol. The molecule has 2 aromatic carbocycles. The summed E-state index contributed by atoms with van der Waals surface area (Å²) in [5, 5.41) is 2.60. The highest BCUT2D eigenvalue weighted by Crippen LogP contribution is 2.25. The molecule has 3 aromatic rings. The first kappa shape index (κ1) is 20.6. The fourth-order valence-corrected chi connectivity index (χ4v) is 4.78. The molecule has 0 fully saturated rings. The molecule has 0 saturated heterocycles. The molecule has 1 N–H and O–H groups in total. The van der Waals surface area contributed by atoms with Crippen molar-refractivity contribution in [1.29, 1.82) is 0 Å². The summed E-state index contributed by atoms with van der Waals surface area (Å²) in [5.74, 6) is -0.710. The molecule has 8 heteroatoms. The van der Waals surface area contributed by atoms with Gasteiger partial charge in [0.1, 0.15) is 4.21 Å². The average Bonchev–Trinajstić information content (AvgIpc) is 3.19. The first-order chi connectivity index (χ1) is 13.3. The second-order valence-corrected chi connectivity index (χ2v) is 9.53. The predicted octanol–water partition coefficient (Wildman–Crippen LogP) is 5.16. The van der Waals surface area contributed by atoms with Crippen molar-refractivity contribution >= 4 is 56.5 Å². The summed E-state index contributed by atoms with van der Waals surface area (Å²) in [6.45, 7) is 0. The molecule has 1 amide bonds. The van der Waals surface area contributed by atoms with E-state index in [0.717, 1.165) is 28.0 Å². The summed E-state index contributed by atoms with van der Waals surface area (Å²) in [6.07, 6.45) is 3.39. The van der Waals surface area contributed by atoms with Gasteiger partial charge in [0.15, 0.2) is 0 Å². The van der Waals surface area contributed by atoms with Crippen LogP contribution in [0.2, 0.25) is 10.0 Å². The molecule has 1 heterocycles. The number of nitrogens with one attached hydrogen (secondary N) is 1. The number of hydrogen-bond donors (Lipinski definition) is 1. The maximum Gasteiger partial charge on any atom is 0.273 e. The summed E-state index contributed by atoms with van der Waals surface area (Å²) < 4.78 is 26.3. The van der Waals surface area contributed by atoms with Crippen molar-refractivity contribution in [2.24, 2.45) is 0 Å². The number of sulfonamides is 1. The van der Waals surface area contributed by atoms with Crippen molar-refractivity contribution in [1.82, 2.24) is 4.72 Å². The van der Waals surface area contributed by atoms with Gasteiger partial charge in [-0.25, -0.2) is 13.1 Å². The van der Waals surface area contributed by atoms with E-state index in [2.05, 4.69) is 0 Å². The largest absolute Gasteiger partial charge is 0.273 e. The zero-order valence-corrected chi connectivity index (χ0v) is 17.6. The highest BCUT2D eigenvalue weighted by atomic mass is 35.5. The van der Waals surface area contributed by atoms with Crippen molar-refractivity contribution < 1.29 is 13.2 Å². The van der Waals surface area contributed by atoms with Gasteiger partial charge in [0.25, 0.3) is 15.9 Å². The lowest BCUT2D eigenvalue weighted by atomic mass is 9.99. The van der Waals surface area contributed by atoms with Gasteiger partial charge in [-0.3, -0.25) is 4.79 Å². The number of hydrogen-bond acceptors (Lipinski definition) is 4. The van der Waals surface area contributed by atoms with Gasteiger partial charge >= 0.3 is 0 Å². The predicted molar refractivity (Wildman–Crippen MR) is 114 cm³/mol. The lowest BCUT2D eigenvalue weighted by Crippen LogP contribution is -2.28. The normalized spacial score (nSPS) is 11.6. The number of thiophene rings is 1. The van der Waals surface area contributed by atoms with E-state index in [1.54, 1.807) is 29.7 Å². The molecule has 0 unspecified atom stereocenters. The van der Waals surface area contributed by atoms with E-state index in [1.807, 2.05) is 35.1 Å². The molecule has 0 atom stereocenters. The van der Waals surface area contributed by atoms with E-state index < -0.39 is 15.9 Å². The van der Waals surface area contributed by atoms with Crippen LogP contribution in [0.1, 0.15) is 16.7 Å². The summed E-state index contributed by atoms with van der Waals surface area (Å²) in [5.41, 5.74) is 2.74. The van der Waals surface area contributed by atoms with E-state index in [9.17, 15) is 13.2 Å². The number of carbonyl (C=O) groups excluding carboxylic acids is 1. The van der Waals surface area contributed by atoms with Crippen molar-refractivity contribution in [3.05, 3.63) is 92.8 Å². The third-order valence-corrected chi connectivity index (χ3v) is 7.33. The van der Waals surface area contributed by atoms with Crippen molar-refractivity contribution in [3.8, 4) is 0 Å². The Kier molecular flexibility index (Phi) is 6.57. The molecule has 0 aliphatic heterocycles. The van der Waals surface area contributed by atoms with Crippen LogP contribution in [0.5, 0.6) is 0 Å². The standard InChI is InChI=1S/C20H15Cl2NO3S2/c21-17-9-7-14(13-18(17)22)12-16-5-2-1-4-15(16)8-10-19(24)23-28(25,26)20-6-3-11-27-20/h1-11,13H,12H2,(H,23,24)/b10-8+. The maximum absolute atomic E-state index is 12.1. The van der Waals surface area contributed by atoms with Gasteiger partial charge in [0.05, 0.1) is 10.0 Å². The summed E-state index contributed by atoms with van der Waals surface area (Å²) in [7, 11) is -3.85. The molecule has 0 aliphatic carbocycles. The van der Waals surface area contributed by atoms with E-state index >= 15 is 0 Å². The van der Waals surface area contributed by atoms with Gasteiger partial charge in [-0.15, -0.1) is 11.3 Å². The lowest BCUT2D eigenvalue weighted by molar-refractivity contribution is -0.114. The molecule has 0 spiro atoms. The molecule has 3 rings (SSSR count). The summed E-state index contributed by atoms with van der Waals surface area (Å²) in [6, 6.07) is 16.0. The molecule has 4 nitrogen and oxygen atoms in total. The van der Waals surface area contributed by atoms with Crippen LogP contribution in [0, 0.1) is 0 Å². The third kappa shape index (κ3) is 5.23. The minimum Gasteiger partial charge on any atom is -0.269 e. The molecule has 0 bridgehead atoms. The van der Waals surface area contributed by atoms with Crippen LogP contribution >= 0.6 is 34.5 Å². The molecule has 0 saturated carbocycles. The van der Waals surface area contributed by atoms with E-state index in [1.165, 1.54) is 12.1 Å². The van der Waals surface area contributed by atoms with Crippen molar-refractivity contribution in [3.63, 3.8) is 0 Å². The summed E-state index contributed by atoms with van der Waals surface area (Å²) >= 11 is 13.1. The lowest BCUT2D eigenvalue weighted by Gasteiger charge is -2.07. The van der Waals surface area contributed by atoms with E-state index in [0.29, 0.717) is 16.5 Å². The zero-order chi connectivity index (χ0) is 20.1. The third-order valence-electron chi connectivity index (χ3n) is 3.84. The van der Waals surface area contributed by atoms with Gasteiger partial charge in [-0.2, -0.15) is 0 Å². The highest BCUT2D eigenvalue weighted by molar-refractivity contribution is 7.92. The summed E-state index contributed by atoms with van der Waals surface area (Å²) in [4.78, 5) is 12.1. The Labute approximate surface area is 177 Å². The van der Waals surface area contributed by atoms with Gasteiger partial charge in [-0.1, -0.05) is 59.6 Å². The molecular formula is C20H15Cl2NO3S2. The second kappa shape index (κ2) is 8.92. The number of amides is 1. The second-order valence-electron chi connectivity index (χ2n) is 5.86. The Morgan fingerprint density at radius 2 is 1.82 bits per heavy atom. The quantitative estimate of drug-likeness (QED) is 0.526. The smallest absolute Gasteiger partial charge is 0.269 e. The first-order valence-electron chi connectivity index (χ1n) is 8.15. The Morgan fingerprint density at radius 3 is 2.54 bits per heavy atom. The van der Waals surface area contributed by atoms with Gasteiger partial charge < -0.3 is 0 Å². The molecular weight excluding hydrogens is 437 g/mol. The SMILES string of the molecule is O=C(/C=C/c1ccccc1Cc1ccc(Cl)c(Cl)c1)NS(=O)(=O)c1cccs1. The van der Waals surface area contributed by atoms with Crippen LogP contribution in [0.3, 0.4) is 0 Å². The van der Waals surface area contributed by atoms with Crippen molar-refractivity contribution in [2.45, 2.75) is 10.6 Å². The van der Waals surface area contributed by atoms with Crippen LogP contribution < -0.4 is 4.72 Å². The number of halogens is 2. The number of carbonyl (C=O) groups is 1. The van der Waals surface area contributed by atoms with Crippen molar-refractivity contribution in [2.75, 3.05) is 0 Å². The fourth-order valence-electron chi connectivity index (χ4n) is 2.53. The molecule has 144 valence electrons. The van der Waals surface area contributed by atoms with Crippen LogP contribution in [0.15, 0.2) is 70.3 Å². The maximum atomic E-state index is 12.1. The van der Waals surface area contributed by atoms with E-state index in [4.69, 9.17) is 23.2 Å². The first-order valence-corrected chi connectivity index (χ1v) is 11.3.